The van der Waals surface area contributed by atoms with Crippen LogP contribution in [0.3, 0.4) is 0 Å². The summed E-state index contributed by atoms with van der Waals surface area (Å²) in [6.45, 7) is 2.96. The Kier molecular flexibility index (Phi) is 7.65. The third kappa shape index (κ3) is 5.40. The third-order valence-corrected chi connectivity index (χ3v) is 8.31. The first-order chi connectivity index (χ1) is 19.9. The lowest BCUT2D eigenvalue weighted by Gasteiger charge is -2.31. The first-order valence-corrected chi connectivity index (χ1v) is 14.3. The number of nitrogens with one attached hydrogen (secondary N) is 2. The van der Waals surface area contributed by atoms with E-state index in [-0.39, 0.29) is 6.61 Å². The van der Waals surface area contributed by atoms with Crippen LogP contribution in [0.1, 0.15) is 55.9 Å². The van der Waals surface area contributed by atoms with Crippen molar-refractivity contribution >= 4 is 28.7 Å². The molecule has 1 amide bonds. The predicted molar refractivity (Wildman–Crippen MR) is 154 cm³/mol. The van der Waals surface area contributed by atoms with Crippen molar-refractivity contribution in [3.8, 4) is 11.3 Å². The molecular formula is C30H33ClN6O4. The van der Waals surface area contributed by atoms with Crippen LogP contribution in [0.2, 0.25) is 5.02 Å². The lowest BCUT2D eigenvalue weighted by atomic mass is 9.83. The van der Waals surface area contributed by atoms with Gasteiger partial charge in [0.2, 0.25) is 0 Å². The normalized spacial score (nSPS) is 22.3. The number of amides is 1. The number of rotatable bonds is 8. The molecule has 1 saturated carbocycles. The van der Waals surface area contributed by atoms with Gasteiger partial charge in [0.25, 0.3) is 0 Å². The fourth-order valence-corrected chi connectivity index (χ4v) is 6.13. The highest BCUT2D eigenvalue weighted by Gasteiger charge is 2.39. The molecule has 1 saturated heterocycles. The van der Waals surface area contributed by atoms with Gasteiger partial charge in [-0.1, -0.05) is 61.7 Å². The highest BCUT2D eigenvalue weighted by Crippen LogP contribution is 2.39. The first-order valence-electron chi connectivity index (χ1n) is 13.9. The summed E-state index contributed by atoms with van der Waals surface area (Å²) in [4.78, 5) is 31.1. The molecule has 4 heterocycles. The van der Waals surface area contributed by atoms with Crippen molar-refractivity contribution in [2.45, 2.75) is 50.9 Å². The Labute approximate surface area is 243 Å². The fourth-order valence-electron chi connectivity index (χ4n) is 5.95. The molecule has 4 aromatic rings. The molecule has 1 aliphatic carbocycles. The van der Waals surface area contributed by atoms with Crippen LogP contribution in [0, 0.1) is 11.8 Å². The Balaban J connectivity index is 1.61. The van der Waals surface area contributed by atoms with Gasteiger partial charge in [-0.15, -0.1) is 5.48 Å². The molecule has 3 aromatic heterocycles. The van der Waals surface area contributed by atoms with E-state index in [4.69, 9.17) is 31.1 Å². The number of halogens is 1. The Morgan fingerprint density at radius 2 is 1.93 bits per heavy atom. The second-order valence-corrected chi connectivity index (χ2v) is 11.5. The molecule has 3 N–H and O–H groups in total. The molecule has 41 heavy (non-hydrogen) atoms. The molecule has 214 valence electrons. The molecule has 1 aliphatic heterocycles. The van der Waals surface area contributed by atoms with E-state index in [0.717, 1.165) is 31.2 Å². The van der Waals surface area contributed by atoms with Gasteiger partial charge in [0.05, 0.1) is 34.1 Å². The van der Waals surface area contributed by atoms with Crippen molar-refractivity contribution in [3.63, 3.8) is 0 Å². The van der Waals surface area contributed by atoms with E-state index in [9.17, 15) is 9.90 Å². The van der Waals surface area contributed by atoms with E-state index < -0.39 is 17.9 Å². The highest BCUT2D eigenvalue weighted by molar-refractivity contribution is 6.30. The second-order valence-electron chi connectivity index (χ2n) is 11.1. The standard InChI is InChI=1S/C30H33ClN6O4/c1-18-8-10-19(11-9-18)16-37-26-23(34-28(37)30(39,17-40-2)21-6-4-3-5-7-21)13-24(27-35-29(38)41-36-27)33-25(26)20-12-22(31)15-32-14-20/h3-7,12-15,18-19,27,36,39H,8-11,16-17H2,1-2H3,(H,35,38). The highest BCUT2D eigenvalue weighted by atomic mass is 35.5. The van der Waals surface area contributed by atoms with E-state index in [1.807, 2.05) is 36.4 Å². The number of nitrogens with zero attached hydrogens (tertiary/aromatic N) is 4. The maximum atomic E-state index is 12.4. The van der Waals surface area contributed by atoms with E-state index in [1.54, 1.807) is 25.6 Å². The number of hydroxylamine groups is 1. The number of benzene rings is 1. The van der Waals surface area contributed by atoms with Crippen LogP contribution in [0.25, 0.3) is 22.3 Å². The minimum absolute atomic E-state index is 0.00442. The first kappa shape index (κ1) is 27.6. The molecule has 1 aromatic carbocycles. The average Bonchev–Trinajstić information content (AvgIpc) is 3.58. The monoisotopic (exact) mass is 576 g/mol. The van der Waals surface area contributed by atoms with Crippen LogP contribution in [0.4, 0.5) is 4.79 Å². The predicted octanol–water partition coefficient (Wildman–Crippen LogP) is 5.10. The summed E-state index contributed by atoms with van der Waals surface area (Å²) in [5.41, 5.74) is 4.95. The SMILES string of the molecule is COCC(O)(c1ccccc1)c1nc2cc(C3NOC(=O)N3)nc(-c3cncc(Cl)c3)c2n1CC1CCC(C)CC1. The Morgan fingerprint density at radius 3 is 2.61 bits per heavy atom. The number of aromatic nitrogens is 4. The number of hydrogen-bond acceptors (Lipinski definition) is 8. The molecule has 0 spiro atoms. The van der Waals surface area contributed by atoms with Crippen molar-refractivity contribution in [1.82, 2.24) is 30.3 Å². The van der Waals surface area contributed by atoms with Gasteiger partial charge in [-0.25, -0.2) is 14.8 Å². The summed E-state index contributed by atoms with van der Waals surface area (Å²) in [6, 6.07) is 13.1. The van der Waals surface area contributed by atoms with E-state index >= 15 is 0 Å². The molecule has 2 fully saturated rings. The van der Waals surface area contributed by atoms with E-state index in [0.29, 0.717) is 57.3 Å². The number of aliphatic hydroxyl groups is 1. The number of ether oxygens (including phenoxy) is 1. The fraction of sp³-hybridized carbons (Fsp3) is 0.400. The van der Waals surface area contributed by atoms with Crippen molar-refractivity contribution < 1.29 is 19.5 Å². The maximum Gasteiger partial charge on any atom is 0.427 e. The molecule has 2 aliphatic rings. The van der Waals surface area contributed by atoms with Crippen molar-refractivity contribution in [3.05, 3.63) is 77.0 Å². The summed E-state index contributed by atoms with van der Waals surface area (Å²) < 4.78 is 7.70. The van der Waals surface area contributed by atoms with Gasteiger partial charge in [0.15, 0.2) is 11.8 Å². The smallest absolute Gasteiger partial charge is 0.381 e. The zero-order valence-electron chi connectivity index (χ0n) is 23.0. The minimum Gasteiger partial charge on any atom is -0.381 e. The minimum atomic E-state index is -1.54. The summed E-state index contributed by atoms with van der Waals surface area (Å²) in [5.74, 6) is 1.57. The van der Waals surface area contributed by atoms with Gasteiger partial charge in [-0.3, -0.25) is 10.3 Å². The number of carbonyl (C=O) groups is 1. The van der Waals surface area contributed by atoms with Crippen LogP contribution < -0.4 is 10.8 Å². The van der Waals surface area contributed by atoms with E-state index in [2.05, 4.69) is 27.3 Å². The molecule has 11 heteroatoms. The molecule has 6 rings (SSSR count). The van der Waals surface area contributed by atoms with E-state index in [1.165, 1.54) is 0 Å². The quantitative estimate of drug-likeness (QED) is 0.265. The summed E-state index contributed by atoms with van der Waals surface area (Å²) in [7, 11) is 1.57. The number of carbonyl (C=O) groups excluding carboxylic acids is 1. The third-order valence-electron chi connectivity index (χ3n) is 8.10. The molecule has 0 radical (unpaired) electrons. The average molecular weight is 577 g/mol. The summed E-state index contributed by atoms with van der Waals surface area (Å²) >= 11 is 6.38. The second kappa shape index (κ2) is 11.4. The topological polar surface area (TPSA) is 123 Å². The van der Waals surface area contributed by atoms with Crippen LogP contribution in [-0.4, -0.2) is 44.4 Å². The zero-order chi connectivity index (χ0) is 28.6. The van der Waals surface area contributed by atoms with Gasteiger partial charge in [0.1, 0.15) is 5.82 Å². The van der Waals surface area contributed by atoms with Crippen molar-refractivity contribution in [2.24, 2.45) is 11.8 Å². The maximum absolute atomic E-state index is 12.4. The molecule has 2 atom stereocenters. The molecule has 2 unspecified atom stereocenters. The number of fused-ring (bicyclic) bond motifs is 1. The van der Waals surface area contributed by atoms with Gasteiger partial charge in [-0.05, 0) is 42.4 Å². The van der Waals surface area contributed by atoms with Crippen molar-refractivity contribution in [2.75, 3.05) is 13.7 Å². The van der Waals surface area contributed by atoms with Crippen LogP contribution in [0.15, 0.2) is 54.9 Å². The Bertz CT molecular complexity index is 1560. The number of imidazole rings is 1. The van der Waals surface area contributed by atoms with Gasteiger partial charge in [0, 0.05) is 31.6 Å². The van der Waals surface area contributed by atoms with Gasteiger partial charge < -0.3 is 19.2 Å². The van der Waals surface area contributed by atoms with Gasteiger partial charge >= 0.3 is 6.09 Å². The number of methoxy groups -OCH3 is 1. The summed E-state index contributed by atoms with van der Waals surface area (Å²) in [5, 5.41) is 15.6. The largest absolute Gasteiger partial charge is 0.427 e. The zero-order valence-corrected chi connectivity index (χ0v) is 23.8. The molecular weight excluding hydrogens is 544 g/mol. The van der Waals surface area contributed by atoms with Crippen molar-refractivity contribution in [1.29, 1.82) is 0 Å². The number of pyridine rings is 2. The Morgan fingerprint density at radius 1 is 1.15 bits per heavy atom. The van der Waals surface area contributed by atoms with Gasteiger partial charge in [-0.2, -0.15) is 0 Å². The van der Waals surface area contributed by atoms with Crippen LogP contribution in [0.5, 0.6) is 0 Å². The molecule has 0 bridgehead atoms. The lowest BCUT2D eigenvalue weighted by molar-refractivity contribution is -0.0124. The van der Waals surface area contributed by atoms with Crippen LogP contribution in [-0.2, 0) is 21.7 Å². The number of hydrogen-bond donors (Lipinski definition) is 3. The van der Waals surface area contributed by atoms with Crippen LogP contribution >= 0.6 is 11.6 Å². The summed E-state index contributed by atoms with van der Waals surface area (Å²) in [6.07, 6.45) is 6.48. The molecule has 10 nitrogen and oxygen atoms in total. The Hall–Kier alpha value is -3.57. The lowest BCUT2D eigenvalue weighted by Crippen LogP contribution is -2.36.